The molecule has 0 spiro atoms. The van der Waals surface area contributed by atoms with E-state index in [4.69, 9.17) is 16.4 Å². The lowest BCUT2D eigenvalue weighted by atomic mass is 9.55. The van der Waals surface area contributed by atoms with Crippen molar-refractivity contribution in [2.24, 2.45) is 11.8 Å². The molecule has 152 valence electrons. The van der Waals surface area contributed by atoms with Gasteiger partial charge in [-0.1, -0.05) is 66.2 Å². The Balaban J connectivity index is 1.42. The minimum atomic E-state index is -0.787. The molecule has 3 aromatic carbocycles. The van der Waals surface area contributed by atoms with Crippen LogP contribution in [0.1, 0.15) is 44.4 Å². The number of imide groups is 1. The molecule has 2 bridgehead atoms. The molecule has 3 aromatic rings. The number of hydrogen-bond donors (Lipinski definition) is 0. The van der Waals surface area contributed by atoms with E-state index in [1.54, 1.807) is 12.1 Å². The summed E-state index contributed by atoms with van der Waals surface area (Å²) in [5, 5.41) is 1.04. The lowest BCUT2D eigenvalue weighted by Crippen LogP contribution is -2.41. The lowest BCUT2D eigenvalue weighted by Gasteiger charge is -2.45. The smallest absolute Gasteiger partial charge is 0.325 e. The molecule has 1 fully saturated rings. The topological polar surface area (TPSA) is 63.7 Å². The number of amides is 2. The number of halogens is 1. The first-order chi connectivity index (χ1) is 15.1. The van der Waals surface area contributed by atoms with Crippen LogP contribution in [-0.4, -0.2) is 22.8 Å². The Morgan fingerprint density at radius 2 is 1.23 bits per heavy atom. The molecule has 0 saturated carbocycles. The first-order valence-electron chi connectivity index (χ1n) is 10.1. The third kappa shape index (κ3) is 2.47. The van der Waals surface area contributed by atoms with Gasteiger partial charge < -0.3 is 4.84 Å². The van der Waals surface area contributed by atoms with E-state index in [1.165, 1.54) is 12.1 Å². The van der Waals surface area contributed by atoms with Crippen molar-refractivity contribution in [3.8, 4) is 0 Å². The number of benzene rings is 3. The van der Waals surface area contributed by atoms with Gasteiger partial charge in [0.25, 0.3) is 11.8 Å². The third-order valence-electron chi connectivity index (χ3n) is 6.64. The Morgan fingerprint density at radius 3 is 1.68 bits per heavy atom. The van der Waals surface area contributed by atoms with Gasteiger partial charge in [-0.05, 0) is 40.5 Å². The second kappa shape index (κ2) is 6.53. The van der Waals surface area contributed by atoms with Gasteiger partial charge in [0.05, 0.1) is 17.4 Å². The molecular weight excluding hydrogens is 414 g/mol. The molecule has 7 rings (SSSR count). The van der Waals surface area contributed by atoms with Gasteiger partial charge in [-0.25, -0.2) is 4.79 Å². The molecule has 0 radical (unpaired) electrons. The number of carbonyl (C=O) groups is 3. The van der Waals surface area contributed by atoms with Gasteiger partial charge >= 0.3 is 5.97 Å². The van der Waals surface area contributed by atoms with E-state index in [2.05, 4.69) is 0 Å². The fraction of sp³-hybridized carbons (Fsp3) is 0.160. The molecule has 2 unspecified atom stereocenters. The Hall–Kier alpha value is -3.44. The van der Waals surface area contributed by atoms with E-state index in [0.29, 0.717) is 10.1 Å². The van der Waals surface area contributed by atoms with Gasteiger partial charge in [0.15, 0.2) is 0 Å². The molecule has 0 N–H and O–H groups in total. The van der Waals surface area contributed by atoms with E-state index in [-0.39, 0.29) is 17.4 Å². The molecular formula is C25H16ClNO4. The average molecular weight is 430 g/mol. The predicted molar refractivity (Wildman–Crippen MR) is 112 cm³/mol. The SMILES string of the molecule is O=C(ON1C(=O)C2C3c4ccccc4C(c4ccccc43)C2C1=O)c1cccc(Cl)c1. The van der Waals surface area contributed by atoms with Crippen LogP contribution in [0.15, 0.2) is 72.8 Å². The van der Waals surface area contributed by atoms with Crippen molar-refractivity contribution in [1.29, 1.82) is 0 Å². The highest BCUT2D eigenvalue weighted by atomic mass is 35.5. The van der Waals surface area contributed by atoms with Crippen molar-refractivity contribution in [2.75, 3.05) is 0 Å². The summed E-state index contributed by atoms with van der Waals surface area (Å²) in [6.45, 7) is 0. The second-order valence-electron chi connectivity index (χ2n) is 8.12. The number of hydrogen-bond acceptors (Lipinski definition) is 4. The van der Waals surface area contributed by atoms with Crippen molar-refractivity contribution >= 4 is 29.4 Å². The molecule has 31 heavy (non-hydrogen) atoms. The Bertz CT molecular complexity index is 1170. The lowest BCUT2D eigenvalue weighted by molar-refractivity contribution is -0.174. The summed E-state index contributed by atoms with van der Waals surface area (Å²) in [4.78, 5) is 44.8. The molecule has 6 heteroatoms. The van der Waals surface area contributed by atoms with Crippen molar-refractivity contribution in [2.45, 2.75) is 11.8 Å². The second-order valence-corrected chi connectivity index (χ2v) is 8.56. The average Bonchev–Trinajstić information content (AvgIpc) is 3.04. The first kappa shape index (κ1) is 18.3. The molecule has 3 aliphatic carbocycles. The summed E-state index contributed by atoms with van der Waals surface area (Å²) in [6.07, 6.45) is 0. The third-order valence-corrected chi connectivity index (χ3v) is 6.88. The van der Waals surface area contributed by atoms with E-state index >= 15 is 0 Å². The largest absolute Gasteiger partial charge is 0.363 e. The fourth-order valence-electron chi connectivity index (χ4n) is 5.49. The minimum absolute atomic E-state index is 0.178. The van der Waals surface area contributed by atoms with Gasteiger partial charge in [0.2, 0.25) is 0 Å². The summed E-state index contributed by atoms with van der Waals surface area (Å²) in [5.74, 6) is -3.38. The van der Waals surface area contributed by atoms with Crippen LogP contribution in [0.2, 0.25) is 5.02 Å². The molecule has 1 heterocycles. The highest BCUT2D eigenvalue weighted by Gasteiger charge is 2.62. The Labute approximate surface area is 183 Å². The van der Waals surface area contributed by atoms with Crippen molar-refractivity contribution in [3.05, 3.63) is 106 Å². The van der Waals surface area contributed by atoms with E-state index in [1.807, 2.05) is 48.5 Å². The van der Waals surface area contributed by atoms with E-state index < -0.39 is 29.6 Å². The van der Waals surface area contributed by atoms with Gasteiger partial charge in [-0.15, -0.1) is 5.06 Å². The normalized spacial score (nSPS) is 25.1. The zero-order chi connectivity index (χ0) is 21.3. The van der Waals surface area contributed by atoms with Gasteiger partial charge in [0.1, 0.15) is 0 Å². The number of hydroxylamine groups is 2. The number of carbonyl (C=O) groups excluding carboxylic acids is 3. The molecule has 2 atom stereocenters. The number of nitrogens with zero attached hydrogens (tertiary/aromatic N) is 1. The Morgan fingerprint density at radius 1 is 0.742 bits per heavy atom. The first-order valence-corrected chi connectivity index (χ1v) is 10.5. The van der Waals surface area contributed by atoms with Crippen LogP contribution < -0.4 is 0 Å². The van der Waals surface area contributed by atoms with Crippen LogP contribution in [0.25, 0.3) is 0 Å². The summed E-state index contributed by atoms with van der Waals surface area (Å²) in [7, 11) is 0. The molecule has 5 nitrogen and oxygen atoms in total. The molecule has 1 aliphatic heterocycles. The van der Waals surface area contributed by atoms with Crippen LogP contribution in [0.5, 0.6) is 0 Å². The minimum Gasteiger partial charge on any atom is -0.325 e. The van der Waals surface area contributed by atoms with Crippen molar-refractivity contribution < 1.29 is 19.2 Å². The monoisotopic (exact) mass is 429 g/mol. The predicted octanol–water partition coefficient (Wildman–Crippen LogP) is 4.30. The van der Waals surface area contributed by atoms with Crippen LogP contribution in [0.3, 0.4) is 0 Å². The van der Waals surface area contributed by atoms with Gasteiger partial charge in [0, 0.05) is 16.9 Å². The Kier molecular flexibility index (Phi) is 3.86. The van der Waals surface area contributed by atoms with Gasteiger partial charge in [-0.3, -0.25) is 9.59 Å². The van der Waals surface area contributed by atoms with E-state index in [0.717, 1.165) is 22.3 Å². The molecule has 0 aromatic heterocycles. The summed E-state index contributed by atoms with van der Waals surface area (Å²) in [5.41, 5.74) is 4.44. The van der Waals surface area contributed by atoms with Crippen LogP contribution in [-0.2, 0) is 14.4 Å². The van der Waals surface area contributed by atoms with Crippen molar-refractivity contribution in [3.63, 3.8) is 0 Å². The maximum atomic E-state index is 13.4. The van der Waals surface area contributed by atoms with Crippen LogP contribution >= 0.6 is 11.6 Å². The zero-order valence-corrected chi connectivity index (χ0v) is 17.0. The quantitative estimate of drug-likeness (QED) is 0.570. The maximum Gasteiger partial charge on any atom is 0.363 e. The summed E-state index contributed by atoms with van der Waals surface area (Å²) in [6, 6.07) is 22.1. The summed E-state index contributed by atoms with van der Waals surface area (Å²) < 4.78 is 0. The highest BCUT2D eigenvalue weighted by molar-refractivity contribution is 6.30. The van der Waals surface area contributed by atoms with Crippen molar-refractivity contribution in [1.82, 2.24) is 5.06 Å². The fourth-order valence-corrected chi connectivity index (χ4v) is 5.68. The van der Waals surface area contributed by atoms with Gasteiger partial charge in [-0.2, -0.15) is 0 Å². The van der Waals surface area contributed by atoms with Crippen LogP contribution in [0.4, 0.5) is 0 Å². The maximum absolute atomic E-state index is 13.4. The zero-order valence-electron chi connectivity index (χ0n) is 16.2. The summed E-state index contributed by atoms with van der Waals surface area (Å²) >= 11 is 5.96. The highest BCUT2D eigenvalue weighted by Crippen LogP contribution is 2.60. The standard InChI is InChI=1S/C25H16ClNO4/c26-14-7-5-6-13(12-14)25(30)31-27-23(28)21-19-15-8-1-2-9-16(15)20(22(21)24(27)29)18-11-4-3-10-17(18)19/h1-12,19-22H. The molecule has 2 amide bonds. The van der Waals surface area contributed by atoms with Crippen LogP contribution in [0, 0.1) is 11.8 Å². The van der Waals surface area contributed by atoms with E-state index in [9.17, 15) is 14.4 Å². The molecule has 1 saturated heterocycles. The molecule has 4 aliphatic rings. The number of rotatable bonds is 2.